The molecule has 0 bridgehead atoms. The predicted molar refractivity (Wildman–Crippen MR) is 81.3 cm³/mol. The van der Waals surface area contributed by atoms with Crippen molar-refractivity contribution in [3.63, 3.8) is 0 Å². The van der Waals surface area contributed by atoms with Crippen molar-refractivity contribution >= 4 is 0 Å². The second-order valence-corrected chi connectivity index (χ2v) is 5.14. The van der Waals surface area contributed by atoms with Crippen LogP contribution in [-0.4, -0.2) is 43.6 Å². The van der Waals surface area contributed by atoms with Gasteiger partial charge in [-0.25, -0.2) is 0 Å². The molecule has 0 aliphatic carbocycles. The van der Waals surface area contributed by atoms with Crippen molar-refractivity contribution in [2.45, 2.75) is 39.3 Å². The van der Waals surface area contributed by atoms with Gasteiger partial charge in [0.15, 0.2) is 0 Å². The summed E-state index contributed by atoms with van der Waals surface area (Å²) in [5, 5.41) is 12.8. The summed E-state index contributed by atoms with van der Waals surface area (Å²) < 4.78 is 10.9. The Kier molecular flexibility index (Phi) is 8.26. The molecule has 0 aliphatic heterocycles. The van der Waals surface area contributed by atoms with Crippen molar-refractivity contribution < 1.29 is 14.6 Å². The average molecular weight is 281 g/mol. The van der Waals surface area contributed by atoms with Gasteiger partial charge in [0.1, 0.15) is 12.4 Å². The molecule has 4 heteroatoms. The van der Waals surface area contributed by atoms with Gasteiger partial charge in [0.25, 0.3) is 0 Å². The van der Waals surface area contributed by atoms with Crippen LogP contribution in [0.25, 0.3) is 0 Å². The second kappa shape index (κ2) is 9.75. The van der Waals surface area contributed by atoms with E-state index in [2.05, 4.69) is 24.4 Å². The molecule has 1 atom stereocenters. The molecule has 0 amide bonds. The van der Waals surface area contributed by atoms with E-state index in [0.29, 0.717) is 32.4 Å². The first-order valence-corrected chi connectivity index (χ1v) is 7.32. The van der Waals surface area contributed by atoms with Crippen LogP contribution in [0.5, 0.6) is 5.75 Å². The molecule has 0 saturated carbocycles. The van der Waals surface area contributed by atoms with Gasteiger partial charge in [0.05, 0.1) is 19.3 Å². The van der Waals surface area contributed by atoms with E-state index in [4.69, 9.17) is 9.47 Å². The van der Waals surface area contributed by atoms with E-state index in [0.717, 1.165) is 12.2 Å². The summed E-state index contributed by atoms with van der Waals surface area (Å²) in [4.78, 5) is 0. The van der Waals surface area contributed by atoms with E-state index in [9.17, 15) is 5.11 Å². The van der Waals surface area contributed by atoms with Crippen LogP contribution in [0.1, 0.15) is 26.3 Å². The van der Waals surface area contributed by atoms with Crippen LogP contribution >= 0.6 is 0 Å². The molecule has 0 aliphatic rings. The molecule has 0 spiro atoms. The lowest BCUT2D eigenvalue weighted by Gasteiger charge is -2.14. The molecule has 1 aromatic carbocycles. The zero-order chi connectivity index (χ0) is 14.8. The Balaban J connectivity index is 2.06. The molecule has 114 valence electrons. The Morgan fingerprint density at radius 3 is 2.45 bits per heavy atom. The Bertz CT molecular complexity index is 351. The summed E-state index contributed by atoms with van der Waals surface area (Å²) in [7, 11) is 0. The number of hydrogen-bond acceptors (Lipinski definition) is 4. The number of aliphatic hydroxyl groups excluding tert-OH is 1. The molecule has 2 N–H and O–H groups in total. The van der Waals surface area contributed by atoms with Crippen molar-refractivity contribution in [1.82, 2.24) is 5.32 Å². The third-order valence-electron chi connectivity index (χ3n) is 2.90. The first kappa shape index (κ1) is 17.0. The summed E-state index contributed by atoms with van der Waals surface area (Å²) in [5.41, 5.74) is 1.30. The van der Waals surface area contributed by atoms with Gasteiger partial charge in [0, 0.05) is 12.6 Å². The SMILES string of the molecule is CCc1ccc(OCCOCC(O)CNC(C)C)cc1. The van der Waals surface area contributed by atoms with Gasteiger partial charge in [-0.3, -0.25) is 0 Å². The Hall–Kier alpha value is -1.10. The van der Waals surface area contributed by atoms with Crippen molar-refractivity contribution in [1.29, 1.82) is 0 Å². The molecular weight excluding hydrogens is 254 g/mol. The van der Waals surface area contributed by atoms with Gasteiger partial charge in [0.2, 0.25) is 0 Å². The molecule has 4 nitrogen and oxygen atoms in total. The van der Waals surface area contributed by atoms with Crippen LogP contribution in [0.4, 0.5) is 0 Å². The highest BCUT2D eigenvalue weighted by Crippen LogP contribution is 2.12. The zero-order valence-electron chi connectivity index (χ0n) is 12.8. The second-order valence-electron chi connectivity index (χ2n) is 5.14. The topological polar surface area (TPSA) is 50.7 Å². The molecule has 1 unspecified atom stereocenters. The number of hydrogen-bond donors (Lipinski definition) is 2. The lowest BCUT2D eigenvalue weighted by Crippen LogP contribution is -2.34. The van der Waals surface area contributed by atoms with Crippen molar-refractivity contribution in [2.75, 3.05) is 26.4 Å². The fraction of sp³-hybridized carbons (Fsp3) is 0.625. The zero-order valence-corrected chi connectivity index (χ0v) is 12.8. The van der Waals surface area contributed by atoms with Gasteiger partial charge in [-0.1, -0.05) is 32.9 Å². The largest absolute Gasteiger partial charge is 0.491 e. The van der Waals surface area contributed by atoms with Gasteiger partial charge in [-0.05, 0) is 24.1 Å². The van der Waals surface area contributed by atoms with Crippen molar-refractivity contribution in [2.24, 2.45) is 0 Å². The standard InChI is InChI=1S/C16H27NO3/c1-4-14-5-7-16(8-6-14)20-10-9-19-12-15(18)11-17-13(2)3/h5-8,13,15,17-18H,4,9-12H2,1-3H3. The molecule has 0 heterocycles. The van der Waals surface area contributed by atoms with E-state index in [-0.39, 0.29) is 0 Å². The van der Waals surface area contributed by atoms with E-state index in [1.165, 1.54) is 5.56 Å². The fourth-order valence-corrected chi connectivity index (χ4v) is 1.69. The van der Waals surface area contributed by atoms with Crippen LogP contribution in [0.15, 0.2) is 24.3 Å². The van der Waals surface area contributed by atoms with E-state index in [1.54, 1.807) is 0 Å². The minimum atomic E-state index is -0.471. The third-order valence-corrected chi connectivity index (χ3v) is 2.90. The summed E-state index contributed by atoms with van der Waals surface area (Å²) in [6, 6.07) is 8.45. The molecule has 1 aromatic rings. The van der Waals surface area contributed by atoms with E-state index < -0.39 is 6.10 Å². The van der Waals surface area contributed by atoms with Crippen molar-refractivity contribution in [3.8, 4) is 5.75 Å². The van der Waals surface area contributed by atoms with Crippen LogP contribution in [-0.2, 0) is 11.2 Å². The first-order chi connectivity index (χ1) is 9.61. The minimum Gasteiger partial charge on any atom is -0.491 e. The normalized spacial score (nSPS) is 12.7. The summed E-state index contributed by atoms with van der Waals surface area (Å²) in [6.07, 6.45) is 0.562. The maximum Gasteiger partial charge on any atom is 0.119 e. The highest BCUT2D eigenvalue weighted by atomic mass is 16.5. The predicted octanol–water partition coefficient (Wildman–Crippen LogP) is 2.00. The van der Waals surface area contributed by atoms with Crippen LogP contribution < -0.4 is 10.1 Å². The maximum absolute atomic E-state index is 9.64. The lowest BCUT2D eigenvalue weighted by atomic mass is 10.2. The molecule has 0 aromatic heterocycles. The molecule has 1 rings (SSSR count). The van der Waals surface area contributed by atoms with Crippen molar-refractivity contribution in [3.05, 3.63) is 29.8 Å². The molecule has 0 radical (unpaired) electrons. The van der Waals surface area contributed by atoms with Gasteiger partial charge in [-0.2, -0.15) is 0 Å². The maximum atomic E-state index is 9.64. The van der Waals surface area contributed by atoms with E-state index in [1.807, 2.05) is 26.0 Å². The summed E-state index contributed by atoms with van der Waals surface area (Å²) in [6.45, 7) is 8.08. The van der Waals surface area contributed by atoms with E-state index >= 15 is 0 Å². The number of aliphatic hydroxyl groups is 1. The third kappa shape index (κ3) is 7.48. The van der Waals surface area contributed by atoms with Crippen LogP contribution in [0.3, 0.4) is 0 Å². The monoisotopic (exact) mass is 281 g/mol. The average Bonchev–Trinajstić information content (AvgIpc) is 2.45. The lowest BCUT2D eigenvalue weighted by molar-refractivity contribution is 0.0244. The number of aryl methyl sites for hydroxylation is 1. The Labute approximate surface area is 122 Å². The summed E-state index contributed by atoms with van der Waals surface area (Å²) >= 11 is 0. The minimum absolute atomic E-state index is 0.331. The van der Waals surface area contributed by atoms with Gasteiger partial charge in [-0.15, -0.1) is 0 Å². The quantitative estimate of drug-likeness (QED) is 0.644. The smallest absolute Gasteiger partial charge is 0.119 e. The number of nitrogens with one attached hydrogen (secondary N) is 1. The molecule has 20 heavy (non-hydrogen) atoms. The van der Waals surface area contributed by atoms with Crippen LogP contribution in [0, 0.1) is 0 Å². The van der Waals surface area contributed by atoms with Gasteiger partial charge >= 0.3 is 0 Å². The highest BCUT2D eigenvalue weighted by molar-refractivity contribution is 5.27. The van der Waals surface area contributed by atoms with Crippen LogP contribution in [0.2, 0.25) is 0 Å². The first-order valence-electron chi connectivity index (χ1n) is 7.32. The number of ether oxygens (including phenoxy) is 2. The Morgan fingerprint density at radius 1 is 1.15 bits per heavy atom. The fourth-order valence-electron chi connectivity index (χ4n) is 1.69. The highest BCUT2D eigenvalue weighted by Gasteiger charge is 2.04. The molecule has 0 fully saturated rings. The number of benzene rings is 1. The molecule has 0 saturated heterocycles. The molecular formula is C16H27NO3. The Morgan fingerprint density at radius 2 is 1.85 bits per heavy atom. The number of rotatable bonds is 10. The van der Waals surface area contributed by atoms with Gasteiger partial charge < -0.3 is 19.9 Å². The summed E-state index contributed by atoms with van der Waals surface area (Å²) in [5.74, 6) is 0.854.